The van der Waals surface area contributed by atoms with Crippen LogP contribution >= 0.6 is 0 Å². The number of aryl methyl sites for hydroxylation is 3. The van der Waals surface area contributed by atoms with Crippen molar-refractivity contribution in [3.05, 3.63) is 94.4 Å². The number of pyridine rings is 2. The van der Waals surface area contributed by atoms with Crippen LogP contribution in [-0.2, 0) is 6.54 Å². The maximum absolute atomic E-state index is 12.9. The van der Waals surface area contributed by atoms with Crippen molar-refractivity contribution in [3.8, 4) is 11.5 Å². The fourth-order valence-electron chi connectivity index (χ4n) is 3.68. The summed E-state index contributed by atoms with van der Waals surface area (Å²) in [6.07, 6.45) is 5.37. The number of rotatable bonds is 5. The average molecular weight is 412 g/mol. The van der Waals surface area contributed by atoms with Gasteiger partial charge in [0.05, 0.1) is 5.52 Å². The molecule has 0 aliphatic heterocycles. The van der Waals surface area contributed by atoms with Gasteiger partial charge >= 0.3 is 0 Å². The Bertz CT molecular complexity index is 1260. The van der Waals surface area contributed by atoms with Crippen LogP contribution in [0.15, 0.2) is 61.1 Å². The lowest BCUT2D eigenvalue weighted by Crippen LogP contribution is -2.24. The Morgan fingerprint density at radius 2 is 1.74 bits per heavy atom. The van der Waals surface area contributed by atoms with Crippen molar-refractivity contribution < 1.29 is 9.53 Å². The summed E-state index contributed by atoms with van der Waals surface area (Å²) in [5.41, 5.74) is 6.63. The summed E-state index contributed by atoms with van der Waals surface area (Å²) < 4.78 is 6.23. The van der Waals surface area contributed by atoms with E-state index in [0.29, 0.717) is 23.6 Å². The first-order valence-corrected chi connectivity index (χ1v) is 10.2. The van der Waals surface area contributed by atoms with Gasteiger partial charge in [0.2, 0.25) is 0 Å². The highest BCUT2D eigenvalue weighted by molar-refractivity contribution is 5.96. The molecule has 156 valence electrons. The van der Waals surface area contributed by atoms with Crippen LogP contribution in [0.4, 0.5) is 0 Å². The summed E-state index contributed by atoms with van der Waals surface area (Å²) in [4.78, 5) is 21.5. The molecule has 5 heteroatoms. The number of hydrogen-bond donors (Lipinski definition) is 1. The second-order valence-electron chi connectivity index (χ2n) is 7.79. The van der Waals surface area contributed by atoms with E-state index >= 15 is 0 Å². The van der Waals surface area contributed by atoms with E-state index in [9.17, 15) is 4.79 Å². The summed E-state index contributed by atoms with van der Waals surface area (Å²) in [5, 5.41) is 3.97. The van der Waals surface area contributed by atoms with Crippen molar-refractivity contribution in [3.63, 3.8) is 0 Å². The second kappa shape index (κ2) is 8.56. The summed E-state index contributed by atoms with van der Waals surface area (Å²) in [7, 11) is 0. The fourth-order valence-corrected chi connectivity index (χ4v) is 3.68. The molecule has 4 aromatic rings. The monoisotopic (exact) mass is 411 g/mol. The summed E-state index contributed by atoms with van der Waals surface area (Å²) in [6.45, 7) is 8.40. The zero-order valence-electron chi connectivity index (χ0n) is 18.2. The maximum atomic E-state index is 12.9. The Hall–Kier alpha value is -3.73. The van der Waals surface area contributed by atoms with Crippen molar-refractivity contribution in [1.29, 1.82) is 0 Å². The molecule has 0 aliphatic carbocycles. The van der Waals surface area contributed by atoms with Gasteiger partial charge in [-0.25, -0.2) is 0 Å². The molecule has 0 saturated heterocycles. The maximum Gasteiger partial charge on any atom is 0.251 e. The van der Waals surface area contributed by atoms with Crippen LogP contribution in [0.25, 0.3) is 10.9 Å². The minimum absolute atomic E-state index is 0.131. The van der Waals surface area contributed by atoms with Gasteiger partial charge in [0.15, 0.2) is 0 Å². The van der Waals surface area contributed by atoms with Crippen LogP contribution in [0.5, 0.6) is 11.5 Å². The third-order valence-electron chi connectivity index (χ3n) is 5.52. The first-order valence-electron chi connectivity index (χ1n) is 10.2. The SMILES string of the molecule is Cc1ccc2c(Oc3cccc(C(=O)NCc4c(C)cncc4C)c3C)ccnc2c1. The van der Waals surface area contributed by atoms with Gasteiger partial charge in [-0.3, -0.25) is 14.8 Å². The number of fused-ring (bicyclic) bond motifs is 1. The number of aromatic nitrogens is 2. The van der Waals surface area contributed by atoms with E-state index in [4.69, 9.17) is 4.74 Å². The van der Waals surface area contributed by atoms with Crippen molar-refractivity contribution in [1.82, 2.24) is 15.3 Å². The zero-order valence-corrected chi connectivity index (χ0v) is 18.2. The van der Waals surface area contributed by atoms with Gasteiger partial charge in [0.25, 0.3) is 5.91 Å². The molecular weight excluding hydrogens is 386 g/mol. The van der Waals surface area contributed by atoms with Crippen LogP contribution in [0.3, 0.4) is 0 Å². The third-order valence-corrected chi connectivity index (χ3v) is 5.52. The van der Waals surface area contributed by atoms with Crippen LogP contribution in [-0.4, -0.2) is 15.9 Å². The van der Waals surface area contributed by atoms with E-state index in [0.717, 1.165) is 38.7 Å². The molecule has 2 heterocycles. The van der Waals surface area contributed by atoms with E-state index in [-0.39, 0.29) is 5.91 Å². The van der Waals surface area contributed by atoms with Crippen LogP contribution in [0, 0.1) is 27.7 Å². The molecule has 31 heavy (non-hydrogen) atoms. The van der Waals surface area contributed by atoms with Crippen molar-refractivity contribution in [2.45, 2.75) is 34.2 Å². The predicted molar refractivity (Wildman–Crippen MR) is 123 cm³/mol. The highest BCUT2D eigenvalue weighted by Crippen LogP contribution is 2.32. The molecule has 0 bridgehead atoms. The Kier molecular flexibility index (Phi) is 5.67. The van der Waals surface area contributed by atoms with E-state index < -0.39 is 0 Å². The molecule has 5 nitrogen and oxygen atoms in total. The molecule has 1 amide bonds. The minimum Gasteiger partial charge on any atom is -0.456 e. The molecule has 0 spiro atoms. The largest absolute Gasteiger partial charge is 0.456 e. The normalized spacial score (nSPS) is 10.8. The lowest BCUT2D eigenvalue weighted by molar-refractivity contribution is 0.0950. The smallest absolute Gasteiger partial charge is 0.251 e. The molecule has 0 aliphatic rings. The van der Waals surface area contributed by atoms with E-state index in [2.05, 4.69) is 15.3 Å². The lowest BCUT2D eigenvalue weighted by atomic mass is 10.0. The standard InChI is InChI=1S/C26H25N3O2/c1-16-8-9-21-23(12-16)28-11-10-25(21)31-24-7-5-6-20(19(24)4)26(30)29-15-22-17(2)13-27-14-18(22)3/h5-14H,15H2,1-4H3,(H,29,30). The number of amides is 1. The molecule has 2 aromatic heterocycles. The average Bonchev–Trinajstić information content (AvgIpc) is 2.74. The van der Waals surface area contributed by atoms with Crippen molar-refractivity contribution in [2.75, 3.05) is 0 Å². The molecule has 2 aromatic carbocycles. The van der Waals surface area contributed by atoms with Gasteiger partial charge in [0, 0.05) is 41.6 Å². The number of carbonyl (C=O) groups is 1. The first kappa shape index (κ1) is 20.5. The molecular formula is C26H25N3O2. The summed E-state index contributed by atoms with van der Waals surface area (Å²) >= 11 is 0. The summed E-state index contributed by atoms with van der Waals surface area (Å²) in [5.74, 6) is 1.24. The minimum atomic E-state index is -0.131. The molecule has 1 N–H and O–H groups in total. The van der Waals surface area contributed by atoms with Gasteiger partial charge in [-0.15, -0.1) is 0 Å². The van der Waals surface area contributed by atoms with Crippen LogP contribution in [0.2, 0.25) is 0 Å². The second-order valence-corrected chi connectivity index (χ2v) is 7.79. The molecule has 4 rings (SSSR count). The predicted octanol–water partition coefficient (Wildman–Crippen LogP) is 5.59. The quantitative estimate of drug-likeness (QED) is 0.465. The third kappa shape index (κ3) is 4.26. The Balaban J connectivity index is 1.58. The van der Waals surface area contributed by atoms with Gasteiger partial charge in [0.1, 0.15) is 11.5 Å². The number of carbonyl (C=O) groups excluding carboxylic acids is 1. The molecule has 0 saturated carbocycles. The van der Waals surface area contributed by atoms with E-state index in [1.54, 1.807) is 6.20 Å². The Morgan fingerprint density at radius 1 is 0.968 bits per heavy atom. The van der Waals surface area contributed by atoms with E-state index in [1.807, 2.05) is 82.6 Å². The highest BCUT2D eigenvalue weighted by atomic mass is 16.5. The fraction of sp³-hybridized carbons (Fsp3) is 0.192. The van der Waals surface area contributed by atoms with Crippen molar-refractivity contribution in [2.24, 2.45) is 0 Å². The number of hydrogen-bond acceptors (Lipinski definition) is 4. The molecule has 0 atom stereocenters. The van der Waals surface area contributed by atoms with Crippen LogP contribution < -0.4 is 10.1 Å². The highest BCUT2D eigenvalue weighted by Gasteiger charge is 2.15. The van der Waals surface area contributed by atoms with Crippen LogP contribution in [0.1, 0.15) is 38.2 Å². The lowest BCUT2D eigenvalue weighted by Gasteiger charge is -2.15. The summed E-state index contributed by atoms with van der Waals surface area (Å²) in [6, 6.07) is 13.5. The Labute approximate surface area is 182 Å². The van der Waals surface area contributed by atoms with Gasteiger partial charge in [-0.1, -0.05) is 12.1 Å². The topological polar surface area (TPSA) is 64.1 Å². The van der Waals surface area contributed by atoms with E-state index in [1.165, 1.54) is 0 Å². The van der Waals surface area contributed by atoms with Gasteiger partial charge in [-0.05, 0) is 80.3 Å². The number of ether oxygens (including phenoxy) is 1. The number of nitrogens with one attached hydrogen (secondary N) is 1. The Morgan fingerprint density at radius 3 is 2.52 bits per heavy atom. The first-order chi connectivity index (χ1) is 14.9. The number of benzene rings is 2. The molecule has 0 fully saturated rings. The molecule has 0 unspecified atom stereocenters. The zero-order chi connectivity index (χ0) is 22.0. The molecule has 0 radical (unpaired) electrons. The van der Waals surface area contributed by atoms with Crippen molar-refractivity contribution >= 4 is 16.8 Å². The van der Waals surface area contributed by atoms with Gasteiger partial charge in [-0.2, -0.15) is 0 Å². The van der Waals surface area contributed by atoms with Gasteiger partial charge < -0.3 is 10.1 Å². The number of nitrogens with zero attached hydrogens (tertiary/aromatic N) is 2.